The summed E-state index contributed by atoms with van der Waals surface area (Å²) in [5, 5.41) is 0. The number of fused-ring (bicyclic) bond motifs is 1. The summed E-state index contributed by atoms with van der Waals surface area (Å²) in [6, 6.07) is 3.81. The van der Waals surface area contributed by atoms with Crippen LogP contribution in [-0.4, -0.2) is 19.5 Å². The second-order valence-electron chi connectivity index (χ2n) is 4.64. The Hall–Kier alpha value is -1.77. The molecule has 1 heterocycles. The van der Waals surface area contributed by atoms with E-state index in [0.29, 0.717) is 30.1 Å². The fourth-order valence-electron chi connectivity index (χ4n) is 2.05. The zero-order valence-corrected chi connectivity index (χ0v) is 11.1. The molecule has 0 unspecified atom stereocenters. The molecule has 0 radical (unpaired) electrons. The molecule has 1 aliphatic rings. The molecule has 0 atom stereocenters. The number of hydrogen-bond acceptors (Lipinski definition) is 3. The summed E-state index contributed by atoms with van der Waals surface area (Å²) in [4.78, 5) is 12.0. The van der Waals surface area contributed by atoms with Gasteiger partial charge in [-0.2, -0.15) is 0 Å². The number of benzene rings is 1. The molecule has 0 saturated heterocycles. The summed E-state index contributed by atoms with van der Waals surface area (Å²) >= 11 is 0. The van der Waals surface area contributed by atoms with Crippen LogP contribution in [0.3, 0.4) is 0 Å². The van der Waals surface area contributed by atoms with Crippen LogP contribution in [0.4, 0.5) is 0 Å². The van der Waals surface area contributed by atoms with Crippen molar-refractivity contribution in [2.75, 3.05) is 13.7 Å². The van der Waals surface area contributed by atoms with Gasteiger partial charge >= 0.3 is 0 Å². The highest BCUT2D eigenvalue weighted by Crippen LogP contribution is 2.36. The number of hydrogen-bond donors (Lipinski definition) is 0. The van der Waals surface area contributed by atoms with Crippen molar-refractivity contribution in [3.8, 4) is 11.5 Å². The van der Waals surface area contributed by atoms with Crippen LogP contribution in [0.1, 0.15) is 36.2 Å². The third-order valence-corrected chi connectivity index (χ3v) is 3.01. The van der Waals surface area contributed by atoms with Gasteiger partial charge in [-0.05, 0) is 31.9 Å². The Kier molecular flexibility index (Phi) is 3.70. The van der Waals surface area contributed by atoms with E-state index < -0.39 is 0 Å². The van der Waals surface area contributed by atoms with Gasteiger partial charge in [-0.25, -0.2) is 0 Å². The van der Waals surface area contributed by atoms with Crippen LogP contribution in [0.2, 0.25) is 0 Å². The second-order valence-corrected chi connectivity index (χ2v) is 4.64. The maximum atomic E-state index is 12.0. The highest BCUT2D eigenvalue weighted by Gasteiger charge is 2.25. The first-order chi connectivity index (χ1) is 8.63. The van der Waals surface area contributed by atoms with Gasteiger partial charge in [0.2, 0.25) is 0 Å². The van der Waals surface area contributed by atoms with E-state index >= 15 is 0 Å². The molecule has 1 aliphatic heterocycles. The first-order valence-corrected chi connectivity index (χ1v) is 6.12. The summed E-state index contributed by atoms with van der Waals surface area (Å²) in [7, 11) is 1.58. The smallest absolute Gasteiger partial charge is 0.173 e. The zero-order chi connectivity index (χ0) is 13.1. The molecule has 3 nitrogen and oxygen atoms in total. The van der Waals surface area contributed by atoms with Gasteiger partial charge in [-0.15, -0.1) is 0 Å². The van der Waals surface area contributed by atoms with E-state index in [4.69, 9.17) is 9.47 Å². The van der Waals surface area contributed by atoms with Crippen molar-refractivity contribution in [1.29, 1.82) is 0 Å². The van der Waals surface area contributed by atoms with E-state index in [-0.39, 0.29) is 5.78 Å². The molecule has 0 spiro atoms. The Bertz CT molecular complexity index is 497. The lowest BCUT2D eigenvalue weighted by Gasteiger charge is -2.21. The first-order valence-electron chi connectivity index (χ1n) is 6.12. The number of carbonyl (C=O) groups excluding carboxylic acids is 1. The third kappa shape index (κ3) is 2.40. The Balaban J connectivity index is 2.47. The van der Waals surface area contributed by atoms with Gasteiger partial charge in [0.15, 0.2) is 5.78 Å². The topological polar surface area (TPSA) is 35.5 Å². The summed E-state index contributed by atoms with van der Waals surface area (Å²) in [6.45, 7) is 4.57. The SMILES string of the molecule is COc1ccc(CC=C(C)C)c2c1C(=O)CCO2. The van der Waals surface area contributed by atoms with Crippen LogP contribution in [0.25, 0.3) is 0 Å². The third-order valence-electron chi connectivity index (χ3n) is 3.01. The lowest BCUT2D eigenvalue weighted by Crippen LogP contribution is -2.17. The Morgan fingerprint density at radius 2 is 2.22 bits per heavy atom. The van der Waals surface area contributed by atoms with Crippen molar-refractivity contribution in [2.45, 2.75) is 26.7 Å². The minimum atomic E-state index is 0.104. The van der Waals surface area contributed by atoms with Crippen molar-refractivity contribution in [3.63, 3.8) is 0 Å². The Morgan fingerprint density at radius 1 is 1.44 bits per heavy atom. The first kappa shape index (κ1) is 12.7. The molecule has 0 fully saturated rings. The standard InChI is InChI=1S/C15H18O3/c1-10(2)4-5-11-6-7-13(17-3)14-12(16)8-9-18-15(11)14/h4,6-7H,5,8-9H2,1-3H3. The maximum absolute atomic E-state index is 12.0. The number of methoxy groups -OCH3 is 1. The highest BCUT2D eigenvalue weighted by molar-refractivity contribution is 6.02. The largest absolute Gasteiger partial charge is 0.496 e. The van der Waals surface area contributed by atoms with Crippen molar-refractivity contribution in [3.05, 3.63) is 34.9 Å². The fourth-order valence-corrected chi connectivity index (χ4v) is 2.05. The molecule has 0 N–H and O–H groups in total. The fraction of sp³-hybridized carbons (Fsp3) is 0.400. The lowest BCUT2D eigenvalue weighted by molar-refractivity contribution is 0.0928. The molecular weight excluding hydrogens is 228 g/mol. The predicted octanol–water partition coefficient (Wildman–Crippen LogP) is 3.17. The van der Waals surface area contributed by atoms with Crippen LogP contribution in [0, 0.1) is 0 Å². The lowest BCUT2D eigenvalue weighted by atomic mass is 9.98. The number of Topliss-reactive ketones (excluding diaryl/α,β-unsaturated/α-hetero) is 1. The summed E-state index contributed by atoms with van der Waals surface area (Å²) in [5.41, 5.74) is 2.89. The zero-order valence-electron chi connectivity index (χ0n) is 11.1. The van der Waals surface area contributed by atoms with E-state index in [2.05, 4.69) is 19.9 Å². The highest BCUT2D eigenvalue weighted by atomic mass is 16.5. The van der Waals surface area contributed by atoms with Crippen LogP contribution in [0.5, 0.6) is 11.5 Å². The van der Waals surface area contributed by atoms with Crippen LogP contribution in [0.15, 0.2) is 23.8 Å². The summed E-state index contributed by atoms with van der Waals surface area (Å²) < 4.78 is 10.9. The van der Waals surface area contributed by atoms with Crippen molar-refractivity contribution < 1.29 is 14.3 Å². The molecule has 0 saturated carbocycles. The molecule has 2 rings (SSSR count). The predicted molar refractivity (Wildman–Crippen MR) is 70.6 cm³/mol. The number of rotatable bonds is 3. The average molecular weight is 246 g/mol. The molecule has 1 aromatic rings. The van der Waals surface area contributed by atoms with Gasteiger partial charge < -0.3 is 9.47 Å². The average Bonchev–Trinajstić information content (AvgIpc) is 2.36. The molecule has 1 aromatic carbocycles. The van der Waals surface area contributed by atoms with Gasteiger partial charge in [0.1, 0.15) is 17.1 Å². The molecular formula is C15H18O3. The number of carbonyl (C=O) groups is 1. The van der Waals surface area contributed by atoms with E-state index in [1.54, 1.807) is 7.11 Å². The number of ketones is 1. The van der Waals surface area contributed by atoms with Crippen molar-refractivity contribution in [2.24, 2.45) is 0 Å². The summed E-state index contributed by atoms with van der Waals surface area (Å²) in [6.07, 6.45) is 3.34. The van der Waals surface area contributed by atoms with Crippen molar-refractivity contribution >= 4 is 5.78 Å². The number of allylic oxidation sites excluding steroid dienone is 2. The van der Waals surface area contributed by atoms with Crippen LogP contribution < -0.4 is 9.47 Å². The van der Waals surface area contributed by atoms with E-state index in [1.807, 2.05) is 12.1 Å². The normalized spacial score (nSPS) is 13.6. The van der Waals surface area contributed by atoms with Gasteiger partial charge in [-0.1, -0.05) is 17.7 Å². The van der Waals surface area contributed by atoms with E-state index in [0.717, 1.165) is 12.0 Å². The quantitative estimate of drug-likeness (QED) is 0.768. The van der Waals surface area contributed by atoms with E-state index in [1.165, 1.54) is 5.57 Å². The molecule has 0 aliphatic carbocycles. The minimum absolute atomic E-state index is 0.104. The molecule has 3 heteroatoms. The second kappa shape index (κ2) is 5.25. The van der Waals surface area contributed by atoms with Crippen LogP contribution in [-0.2, 0) is 6.42 Å². The van der Waals surface area contributed by atoms with Gasteiger partial charge in [0.05, 0.1) is 13.7 Å². The Labute approximate surface area is 107 Å². The number of ether oxygens (including phenoxy) is 2. The Morgan fingerprint density at radius 3 is 2.89 bits per heavy atom. The van der Waals surface area contributed by atoms with Gasteiger partial charge in [-0.3, -0.25) is 4.79 Å². The van der Waals surface area contributed by atoms with Crippen LogP contribution >= 0.6 is 0 Å². The minimum Gasteiger partial charge on any atom is -0.496 e. The molecule has 96 valence electrons. The molecule has 0 aromatic heterocycles. The van der Waals surface area contributed by atoms with Gasteiger partial charge in [0, 0.05) is 6.42 Å². The maximum Gasteiger partial charge on any atom is 0.173 e. The molecule has 0 amide bonds. The monoisotopic (exact) mass is 246 g/mol. The molecule has 0 bridgehead atoms. The van der Waals surface area contributed by atoms with Crippen molar-refractivity contribution in [1.82, 2.24) is 0 Å². The molecule has 18 heavy (non-hydrogen) atoms. The summed E-state index contributed by atoms with van der Waals surface area (Å²) in [5.74, 6) is 1.41. The van der Waals surface area contributed by atoms with E-state index in [9.17, 15) is 4.79 Å². The van der Waals surface area contributed by atoms with Gasteiger partial charge in [0.25, 0.3) is 0 Å².